The van der Waals surface area contributed by atoms with Crippen LogP contribution in [0.25, 0.3) is 0 Å². The van der Waals surface area contributed by atoms with Crippen molar-refractivity contribution in [2.75, 3.05) is 7.05 Å². The van der Waals surface area contributed by atoms with Gasteiger partial charge in [0.1, 0.15) is 34.9 Å². The van der Waals surface area contributed by atoms with E-state index >= 15 is 0 Å². The predicted octanol–water partition coefficient (Wildman–Crippen LogP) is 3.30. The smallest absolute Gasteiger partial charge is 0.326 e. The number of hydrogen-bond donors (Lipinski definition) is 1. The summed E-state index contributed by atoms with van der Waals surface area (Å²) in [7, 11) is 1.67. The third kappa shape index (κ3) is 4.16. The molecule has 7 nitrogen and oxygen atoms in total. The second-order valence-electron chi connectivity index (χ2n) is 7.15. The lowest BCUT2D eigenvalue weighted by molar-refractivity contribution is -0.142. The van der Waals surface area contributed by atoms with Gasteiger partial charge in [-0.25, -0.2) is 13.6 Å². The van der Waals surface area contributed by atoms with Crippen LogP contribution in [0.3, 0.4) is 0 Å². The van der Waals surface area contributed by atoms with Gasteiger partial charge in [0.15, 0.2) is 5.82 Å². The summed E-state index contributed by atoms with van der Waals surface area (Å²) in [6, 6.07) is 0.932. The Hall–Kier alpha value is -2.94. The van der Waals surface area contributed by atoms with Gasteiger partial charge >= 0.3 is 5.97 Å². The van der Waals surface area contributed by atoms with Gasteiger partial charge in [-0.05, 0) is 19.4 Å². The molecular weight excluding hydrogens is 420 g/mol. The van der Waals surface area contributed by atoms with Crippen molar-refractivity contribution in [1.82, 2.24) is 14.5 Å². The highest BCUT2D eigenvalue weighted by Gasteiger charge is 2.33. The number of aliphatic carboxylic acids is 1. The first-order valence-corrected chi connectivity index (χ1v) is 9.45. The van der Waals surface area contributed by atoms with Crippen LogP contribution >= 0.6 is 11.6 Å². The molecule has 2 atom stereocenters. The molecule has 0 fully saturated rings. The van der Waals surface area contributed by atoms with E-state index in [0.717, 1.165) is 11.8 Å². The van der Waals surface area contributed by atoms with Crippen molar-refractivity contribution in [1.29, 1.82) is 0 Å². The fraction of sp³-hybridized carbons (Fsp3) is 0.350. The van der Waals surface area contributed by atoms with Gasteiger partial charge in [-0.3, -0.25) is 9.78 Å². The van der Waals surface area contributed by atoms with Gasteiger partial charge in [-0.1, -0.05) is 11.6 Å². The molecule has 30 heavy (non-hydrogen) atoms. The van der Waals surface area contributed by atoms with Crippen LogP contribution in [0, 0.1) is 18.6 Å². The van der Waals surface area contributed by atoms with Crippen molar-refractivity contribution in [3.8, 4) is 5.75 Å². The average molecular weight is 440 g/mol. The molecule has 1 aliphatic heterocycles. The number of carboxylic acid groups (broad SMARTS) is 1. The summed E-state index contributed by atoms with van der Waals surface area (Å²) in [5.74, 6) is -2.64. The summed E-state index contributed by atoms with van der Waals surface area (Å²) >= 11 is 6.22. The Bertz CT molecular complexity index is 1090. The molecular formula is C20H20ClF2N3O4. The standard InChI is InChI=1S/C20H20ClF2N3O4/c1-10-8-25(3)16(20(28)29)6-15(10)26-11(2)4-17(18(21)19(26)27)30-9-14-13(23)5-12(22)7-24-14/h4-5,7-8,15-16H,6,9H2,1-3H3,(H,28,29)/t15?,16-/m1/s1. The SMILES string of the molecule is CC1=CN(C)[C@@H](C(=O)O)CC1n1c(C)cc(OCc2ncc(F)cc2F)c(Cl)c1=O. The number of pyridine rings is 2. The molecule has 2 aromatic heterocycles. The van der Waals surface area contributed by atoms with Crippen LogP contribution < -0.4 is 10.3 Å². The Balaban J connectivity index is 1.92. The summed E-state index contributed by atoms with van der Waals surface area (Å²) in [6.45, 7) is 3.14. The number of nitrogens with zero attached hydrogens (tertiary/aromatic N) is 3. The highest BCUT2D eigenvalue weighted by molar-refractivity contribution is 6.31. The van der Waals surface area contributed by atoms with E-state index in [0.29, 0.717) is 11.8 Å². The minimum atomic E-state index is -0.989. The highest BCUT2D eigenvalue weighted by Crippen LogP contribution is 2.32. The average Bonchev–Trinajstić information content (AvgIpc) is 2.66. The number of ether oxygens (including phenoxy) is 1. The zero-order valence-corrected chi connectivity index (χ0v) is 17.3. The van der Waals surface area contributed by atoms with Crippen LogP contribution in [-0.2, 0) is 11.4 Å². The van der Waals surface area contributed by atoms with Crippen molar-refractivity contribution in [3.05, 3.63) is 68.5 Å². The van der Waals surface area contributed by atoms with E-state index in [-0.39, 0.29) is 29.5 Å². The van der Waals surface area contributed by atoms with Crippen LogP contribution in [0.5, 0.6) is 5.75 Å². The van der Waals surface area contributed by atoms with Crippen molar-refractivity contribution < 1.29 is 23.4 Å². The third-order valence-electron chi connectivity index (χ3n) is 5.06. The number of allylic oxidation sites excluding steroid dienone is 1. The zero-order valence-electron chi connectivity index (χ0n) is 16.5. The zero-order chi connectivity index (χ0) is 22.2. The first kappa shape index (κ1) is 21.8. The van der Waals surface area contributed by atoms with Crippen LogP contribution in [0.2, 0.25) is 5.02 Å². The molecule has 0 saturated heterocycles. The molecule has 1 aliphatic rings. The normalized spacial score (nSPS) is 18.9. The summed E-state index contributed by atoms with van der Waals surface area (Å²) in [4.78, 5) is 29.7. The first-order valence-electron chi connectivity index (χ1n) is 9.07. The van der Waals surface area contributed by atoms with E-state index in [1.807, 2.05) is 6.92 Å². The molecule has 3 heterocycles. The first-order chi connectivity index (χ1) is 14.1. The number of aromatic nitrogens is 2. The molecule has 3 rings (SSSR count). The lowest BCUT2D eigenvalue weighted by Gasteiger charge is -2.35. The van der Waals surface area contributed by atoms with Crippen LogP contribution in [0.1, 0.15) is 30.8 Å². The topological polar surface area (TPSA) is 84.7 Å². The molecule has 0 amide bonds. The summed E-state index contributed by atoms with van der Waals surface area (Å²) < 4.78 is 33.6. The number of carbonyl (C=O) groups is 1. The fourth-order valence-electron chi connectivity index (χ4n) is 3.53. The summed E-state index contributed by atoms with van der Waals surface area (Å²) in [5.41, 5.74) is 0.624. The van der Waals surface area contributed by atoms with Gasteiger partial charge in [0.2, 0.25) is 0 Å². The van der Waals surface area contributed by atoms with Crippen molar-refractivity contribution in [3.63, 3.8) is 0 Å². The lowest BCUT2D eigenvalue weighted by Crippen LogP contribution is -2.43. The number of rotatable bonds is 5. The van der Waals surface area contributed by atoms with E-state index in [4.69, 9.17) is 16.3 Å². The molecule has 10 heteroatoms. The maximum atomic E-state index is 13.8. The van der Waals surface area contributed by atoms with Crippen LogP contribution in [-0.4, -0.2) is 38.6 Å². The van der Waals surface area contributed by atoms with Gasteiger partial charge in [0.25, 0.3) is 5.56 Å². The Morgan fingerprint density at radius 1 is 1.37 bits per heavy atom. The number of halogens is 3. The summed E-state index contributed by atoms with van der Waals surface area (Å²) in [6.07, 6.45) is 2.75. The largest absolute Gasteiger partial charge is 0.485 e. The number of likely N-dealkylation sites (N-methyl/N-ethyl adjacent to an activating group) is 1. The highest BCUT2D eigenvalue weighted by atomic mass is 35.5. The molecule has 0 aromatic carbocycles. The second kappa shape index (κ2) is 8.43. The quantitative estimate of drug-likeness (QED) is 0.769. The number of hydrogen-bond acceptors (Lipinski definition) is 5. The maximum absolute atomic E-state index is 13.8. The molecule has 0 aliphatic carbocycles. The van der Waals surface area contributed by atoms with E-state index in [9.17, 15) is 23.5 Å². The van der Waals surface area contributed by atoms with Crippen LogP contribution in [0.4, 0.5) is 8.78 Å². The molecule has 160 valence electrons. The van der Waals surface area contributed by atoms with Crippen molar-refractivity contribution in [2.24, 2.45) is 0 Å². The fourth-order valence-corrected chi connectivity index (χ4v) is 3.73. The molecule has 1 unspecified atom stereocenters. The van der Waals surface area contributed by atoms with Gasteiger partial charge in [0, 0.05) is 37.5 Å². The molecule has 0 saturated carbocycles. The van der Waals surface area contributed by atoms with Gasteiger partial charge in [0.05, 0.1) is 12.2 Å². The van der Waals surface area contributed by atoms with E-state index < -0.39 is 35.2 Å². The van der Waals surface area contributed by atoms with Crippen molar-refractivity contribution in [2.45, 2.75) is 39.0 Å². The second-order valence-corrected chi connectivity index (χ2v) is 7.53. The Kier molecular flexibility index (Phi) is 6.12. The van der Waals surface area contributed by atoms with Gasteiger partial charge < -0.3 is 19.3 Å². The van der Waals surface area contributed by atoms with E-state index in [1.165, 1.54) is 10.6 Å². The summed E-state index contributed by atoms with van der Waals surface area (Å²) in [5, 5.41) is 9.23. The van der Waals surface area contributed by atoms with Crippen LogP contribution in [0.15, 0.2) is 34.9 Å². The minimum Gasteiger partial charge on any atom is -0.485 e. The van der Waals surface area contributed by atoms with E-state index in [2.05, 4.69) is 4.98 Å². The molecule has 2 aromatic rings. The third-order valence-corrected chi connectivity index (χ3v) is 5.41. The van der Waals surface area contributed by atoms with Crippen molar-refractivity contribution >= 4 is 17.6 Å². The molecule has 0 bridgehead atoms. The Morgan fingerprint density at radius 2 is 2.07 bits per heavy atom. The number of carboxylic acids is 1. The Morgan fingerprint density at radius 3 is 2.70 bits per heavy atom. The van der Waals surface area contributed by atoms with Gasteiger partial charge in [-0.15, -0.1) is 0 Å². The Labute approximate surface area is 176 Å². The minimum absolute atomic E-state index is 0.0327. The number of aryl methyl sites for hydroxylation is 1. The van der Waals surface area contributed by atoms with E-state index in [1.54, 1.807) is 25.1 Å². The predicted molar refractivity (Wildman–Crippen MR) is 106 cm³/mol. The molecule has 1 N–H and O–H groups in total. The van der Waals surface area contributed by atoms with Gasteiger partial charge in [-0.2, -0.15) is 0 Å². The lowest BCUT2D eigenvalue weighted by atomic mass is 9.95. The maximum Gasteiger partial charge on any atom is 0.326 e. The molecule has 0 spiro atoms. The molecule has 0 radical (unpaired) electrons. The monoisotopic (exact) mass is 439 g/mol.